The third-order valence-corrected chi connectivity index (χ3v) is 2.27. The van der Waals surface area contributed by atoms with Gasteiger partial charge in [0.1, 0.15) is 5.69 Å². The van der Waals surface area contributed by atoms with Crippen molar-refractivity contribution in [1.29, 1.82) is 0 Å². The Bertz CT molecular complexity index is 304. The summed E-state index contributed by atoms with van der Waals surface area (Å²) in [4.78, 5) is 13.1. The van der Waals surface area contributed by atoms with Crippen LogP contribution in [-0.2, 0) is 7.05 Å². The molecular formula is C9H15N3O. The molecule has 0 aromatic carbocycles. The van der Waals surface area contributed by atoms with Crippen molar-refractivity contribution in [2.24, 2.45) is 18.9 Å². The molecule has 0 saturated carbocycles. The number of aromatic nitrogens is 3. The fourth-order valence-electron chi connectivity index (χ4n) is 0.995. The Morgan fingerprint density at radius 3 is 2.46 bits per heavy atom. The molecule has 1 heterocycles. The third kappa shape index (κ3) is 2.14. The highest BCUT2D eigenvalue weighted by Crippen LogP contribution is 2.14. The fraction of sp³-hybridized carbons (Fsp3) is 0.667. The predicted octanol–water partition coefficient (Wildman–Crippen LogP) is 1.29. The van der Waals surface area contributed by atoms with E-state index in [9.17, 15) is 4.79 Å². The van der Waals surface area contributed by atoms with E-state index in [1.807, 2.05) is 20.8 Å². The zero-order valence-corrected chi connectivity index (χ0v) is 8.48. The number of hydrogen-bond donors (Lipinski definition) is 0. The minimum Gasteiger partial charge on any atom is -0.292 e. The van der Waals surface area contributed by atoms with Gasteiger partial charge in [0.05, 0.1) is 6.20 Å². The number of rotatable bonds is 3. The molecule has 4 heteroatoms. The molecule has 0 radical (unpaired) electrons. The van der Waals surface area contributed by atoms with E-state index in [1.54, 1.807) is 7.05 Å². The van der Waals surface area contributed by atoms with E-state index >= 15 is 0 Å². The van der Waals surface area contributed by atoms with Crippen LogP contribution in [0, 0.1) is 11.8 Å². The molecule has 0 aliphatic carbocycles. The molecule has 0 aliphatic heterocycles. The van der Waals surface area contributed by atoms with Crippen molar-refractivity contribution in [1.82, 2.24) is 15.0 Å². The molecule has 0 saturated heterocycles. The number of hydrogen-bond acceptors (Lipinski definition) is 3. The molecule has 72 valence electrons. The van der Waals surface area contributed by atoms with Crippen LogP contribution < -0.4 is 0 Å². The zero-order chi connectivity index (χ0) is 10.0. The van der Waals surface area contributed by atoms with E-state index in [2.05, 4.69) is 10.2 Å². The minimum absolute atomic E-state index is 0.0108. The van der Waals surface area contributed by atoms with Crippen LogP contribution in [0.1, 0.15) is 31.3 Å². The molecule has 0 aliphatic rings. The van der Waals surface area contributed by atoms with Crippen LogP contribution in [0.3, 0.4) is 0 Å². The van der Waals surface area contributed by atoms with Crippen LogP contribution in [0.25, 0.3) is 0 Å². The molecule has 1 atom stereocenters. The van der Waals surface area contributed by atoms with Gasteiger partial charge in [-0.3, -0.25) is 4.79 Å². The Balaban J connectivity index is 2.79. The van der Waals surface area contributed by atoms with E-state index in [-0.39, 0.29) is 11.7 Å². The quantitative estimate of drug-likeness (QED) is 0.660. The normalized spacial score (nSPS) is 13.3. The molecule has 1 aromatic heterocycles. The molecule has 0 fully saturated rings. The van der Waals surface area contributed by atoms with Crippen LogP contribution in [-0.4, -0.2) is 20.8 Å². The topological polar surface area (TPSA) is 47.8 Å². The lowest BCUT2D eigenvalue weighted by atomic mass is 9.92. The first-order chi connectivity index (χ1) is 6.02. The monoisotopic (exact) mass is 181 g/mol. The smallest absolute Gasteiger partial charge is 0.187 e. The van der Waals surface area contributed by atoms with Gasteiger partial charge in [-0.25, -0.2) is 0 Å². The zero-order valence-electron chi connectivity index (χ0n) is 8.48. The maximum atomic E-state index is 11.7. The molecule has 1 aromatic rings. The van der Waals surface area contributed by atoms with Crippen molar-refractivity contribution in [3.63, 3.8) is 0 Å². The van der Waals surface area contributed by atoms with Crippen LogP contribution in [0.4, 0.5) is 0 Å². The first-order valence-corrected chi connectivity index (χ1v) is 4.43. The van der Waals surface area contributed by atoms with E-state index in [1.165, 1.54) is 11.0 Å². The number of carbonyl (C=O) groups excluding carboxylic acids is 1. The Hall–Kier alpha value is -1.19. The van der Waals surface area contributed by atoms with Crippen molar-refractivity contribution in [2.45, 2.75) is 20.8 Å². The van der Waals surface area contributed by atoms with Crippen molar-refractivity contribution in [3.05, 3.63) is 11.9 Å². The van der Waals surface area contributed by atoms with Gasteiger partial charge < -0.3 is 0 Å². The maximum Gasteiger partial charge on any atom is 0.187 e. The highest BCUT2D eigenvalue weighted by atomic mass is 16.1. The lowest BCUT2D eigenvalue weighted by Crippen LogP contribution is -2.17. The van der Waals surface area contributed by atoms with Crippen LogP contribution in [0.2, 0.25) is 0 Å². The summed E-state index contributed by atoms with van der Waals surface area (Å²) in [7, 11) is 1.71. The second kappa shape index (κ2) is 3.68. The van der Waals surface area contributed by atoms with Gasteiger partial charge in [0.2, 0.25) is 0 Å². The number of Topliss-reactive ketones (excluding diaryl/α,β-unsaturated/α-hetero) is 1. The average molecular weight is 181 g/mol. The van der Waals surface area contributed by atoms with Gasteiger partial charge in [-0.2, -0.15) is 15.0 Å². The molecule has 1 unspecified atom stereocenters. The van der Waals surface area contributed by atoms with Crippen molar-refractivity contribution in [2.75, 3.05) is 0 Å². The number of carbonyl (C=O) groups is 1. The van der Waals surface area contributed by atoms with Crippen molar-refractivity contribution >= 4 is 5.78 Å². The van der Waals surface area contributed by atoms with Gasteiger partial charge in [-0.1, -0.05) is 20.8 Å². The largest absolute Gasteiger partial charge is 0.292 e. The Morgan fingerprint density at radius 1 is 1.46 bits per heavy atom. The number of aryl methyl sites for hydroxylation is 1. The van der Waals surface area contributed by atoms with Crippen LogP contribution in [0.15, 0.2) is 6.20 Å². The van der Waals surface area contributed by atoms with Crippen LogP contribution in [0.5, 0.6) is 0 Å². The van der Waals surface area contributed by atoms with Gasteiger partial charge in [-0.05, 0) is 5.92 Å². The second-order valence-corrected chi connectivity index (χ2v) is 3.62. The summed E-state index contributed by atoms with van der Waals surface area (Å²) in [6.45, 7) is 5.97. The summed E-state index contributed by atoms with van der Waals surface area (Å²) in [6, 6.07) is 0. The van der Waals surface area contributed by atoms with E-state index in [0.717, 1.165) is 0 Å². The van der Waals surface area contributed by atoms with Gasteiger partial charge in [0.15, 0.2) is 5.78 Å². The van der Waals surface area contributed by atoms with Crippen molar-refractivity contribution < 1.29 is 4.79 Å². The molecule has 13 heavy (non-hydrogen) atoms. The van der Waals surface area contributed by atoms with Gasteiger partial charge in [0, 0.05) is 13.0 Å². The fourth-order valence-corrected chi connectivity index (χ4v) is 0.995. The Kier molecular flexibility index (Phi) is 2.80. The van der Waals surface area contributed by atoms with E-state index in [4.69, 9.17) is 0 Å². The summed E-state index contributed by atoms with van der Waals surface area (Å²) in [5.74, 6) is 0.425. The SMILES string of the molecule is CC(C)C(C)C(=O)c1cnn(C)n1. The number of nitrogens with zero attached hydrogens (tertiary/aromatic N) is 3. The summed E-state index contributed by atoms with van der Waals surface area (Å²) in [6.07, 6.45) is 1.52. The summed E-state index contributed by atoms with van der Waals surface area (Å²) in [5.41, 5.74) is 0.462. The highest BCUT2D eigenvalue weighted by molar-refractivity contribution is 5.95. The highest BCUT2D eigenvalue weighted by Gasteiger charge is 2.20. The lowest BCUT2D eigenvalue weighted by Gasteiger charge is -2.11. The third-order valence-electron chi connectivity index (χ3n) is 2.27. The lowest BCUT2D eigenvalue weighted by molar-refractivity contribution is 0.0894. The molecule has 4 nitrogen and oxygen atoms in total. The molecule has 1 rings (SSSR count). The van der Waals surface area contributed by atoms with Gasteiger partial charge >= 0.3 is 0 Å². The van der Waals surface area contributed by atoms with Crippen LogP contribution >= 0.6 is 0 Å². The van der Waals surface area contributed by atoms with Gasteiger partial charge in [0.25, 0.3) is 0 Å². The first-order valence-electron chi connectivity index (χ1n) is 4.43. The molecule has 0 amide bonds. The van der Waals surface area contributed by atoms with E-state index < -0.39 is 0 Å². The Labute approximate surface area is 77.9 Å². The van der Waals surface area contributed by atoms with Crippen molar-refractivity contribution in [3.8, 4) is 0 Å². The number of ketones is 1. The molecular weight excluding hydrogens is 166 g/mol. The summed E-state index contributed by atoms with van der Waals surface area (Å²) < 4.78 is 0. The predicted molar refractivity (Wildman–Crippen MR) is 49.3 cm³/mol. The maximum absolute atomic E-state index is 11.7. The summed E-state index contributed by atoms with van der Waals surface area (Å²) in [5, 5.41) is 7.83. The Morgan fingerprint density at radius 2 is 2.08 bits per heavy atom. The first kappa shape index (κ1) is 9.89. The standard InChI is InChI=1S/C9H15N3O/c1-6(2)7(3)9(13)8-5-10-12(4)11-8/h5-7H,1-4H3. The van der Waals surface area contributed by atoms with Gasteiger partial charge in [-0.15, -0.1) is 0 Å². The molecule has 0 bridgehead atoms. The second-order valence-electron chi connectivity index (χ2n) is 3.62. The summed E-state index contributed by atoms with van der Waals surface area (Å²) >= 11 is 0. The van der Waals surface area contributed by atoms with E-state index in [0.29, 0.717) is 11.6 Å². The molecule has 0 spiro atoms. The molecule has 0 N–H and O–H groups in total. The average Bonchev–Trinajstić information content (AvgIpc) is 2.49. The minimum atomic E-state index is 0.0108.